The number of nitrogens with one attached hydrogen (secondary N) is 1. The molecule has 3 heterocycles. The lowest BCUT2D eigenvalue weighted by Crippen LogP contribution is -2.57. The summed E-state index contributed by atoms with van der Waals surface area (Å²) in [7, 11) is 0. The Hall–Kier alpha value is -2.03. The highest BCUT2D eigenvalue weighted by atomic mass is 16.5. The molecule has 0 radical (unpaired) electrons. The molecule has 0 unspecified atom stereocenters. The van der Waals surface area contributed by atoms with Gasteiger partial charge in [0, 0.05) is 19.3 Å². The molecule has 0 spiro atoms. The van der Waals surface area contributed by atoms with Crippen molar-refractivity contribution in [2.45, 2.75) is 57.0 Å². The molecule has 0 aromatic carbocycles. The summed E-state index contributed by atoms with van der Waals surface area (Å²) in [6.07, 6.45) is 2.84. The fraction of sp³-hybridized carbons (Fsp3) is 0.650. The summed E-state index contributed by atoms with van der Waals surface area (Å²) in [5, 5.41) is 13.1. The van der Waals surface area contributed by atoms with E-state index in [-0.39, 0.29) is 49.8 Å². The number of aromatic nitrogens is 1. The molecule has 2 N–H and O–H groups in total. The number of aliphatic hydroxyl groups excluding tert-OH is 1. The number of amides is 2. The number of nitrogens with zero attached hydrogens (tertiary/aromatic N) is 2. The zero-order valence-electron chi connectivity index (χ0n) is 16.3. The summed E-state index contributed by atoms with van der Waals surface area (Å²) in [6.45, 7) is 3.25. The Balaban J connectivity index is 1.70. The number of ether oxygens (including phenoxy) is 2. The van der Waals surface area contributed by atoms with Crippen LogP contribution in [0.4, 0.5) is 0 Å². The van der Waals surface area contributed by atoms with E-state index >= 15 is 0 Å². The van der Waals surface area contributed by atoms with Gasteiger partial charge >= 0.3 is 0 Å². The zero-order valence-corrected chi connectivity index (χ0v) is 16.3. The number of rotatable bonds is 5. The summed E-state index contributed by atoms with van der Waals surface area (Å²) in [5.41, 5.74) is 0.344. The second-order valence-electron chi connectivity index (χ2n) is 7.36. The van der Waals surface area contributed by atoms with Crippen LogP contribution in [0, 0.1) is 0 Å². The number of β-amino-alcohol motifs (C(OH)–C–C–N with tert-alkyl or cyclic N) is 1. The third kappa shape index (κ3) is 5.27. The molecule has 2 fully saturated rings. The van der Waals surface area contributed by atoms with Crippen molar-refractivity contribution in [1.29, 1.82) is 0 Å². The van der Waals surface area contributed by atoms with Gasteiger partial charge in [-0.1, -0.05) is 13.0 Å². The van der Waals surface area contributed by atoms with Gasteiger partial charge < -0.3 is 24.8 Å². The molecule has 1 aromatic rings. The van der Waals surface area contributed by atoms with Crippen molar-refractivity contribution in [1.82, 2.24) is 15.2 Å². The molecule has 2 saturated heterocycles. The predicted molar refractivity (Wildman–Crippen MR) is 102 cm³/mol. The SMILES string of the molecule is CCCNC(=O)C[C@H]1CC[C@H]2[C@@H](COC[C@@H](O)CN2C(=O)c2ccccn2)O1. The van der Waals surface area contributed by atoms with E-state index < -0.39 is 6.10 Å². The summed E-state index contributed by atoms with van der Waals surface area (Å²) in [5.74, 6) is -0.242. The van der Waals surface area contributed by atoms with Gasteiger partial charge in [0.05, 0.1) is 37.9 Å². The number of hydrogen-bond acceptors (Lipinski definition) is 6. The molecular formula is C20H29N3O5. The van der Waals surface area contributed by atoms with Gasteiger partial charge in [-0.25, -0.2) is 0 Å². The first kappa shape index (κ1) is 20.7. The number of hydrogen-bond donors (Lipinski definition) is 2. The van der Waals surface area contributed by atoms with Crippen LogP contribution in [0.2, 0.25) is 0 Å². The molecule has 2 aliphatic heterocycles. The molecule has 0 bridgehead atoms. The smallest absolute Gasteiger partial charge is 0.272 e. The van der Waals surface area contributed by atoms with Gasteiger partial charge in [-0.15, -0.1) is 0 Å². The first-order valence-corrected chi connectivity index (χ1v) is 9.98. The van der Waals surface area contributed by atoms with Crippen LogP contribution in [0.1, 0.15) is 43.1 Å². The van der Waals surface area contributed by atoms with Gasteiger partial charge in [0.25, 0.3) is 5.91 Å². The second-order valence-corrected chi connectivity index (χ2v) is 7.36. The van der Waals surface area contributed by atoms with Crippen molar-refractivity contribution < 1.29 is 24.2 Å². The average Bonchev–Trinajstić information content (AvgIpc) is 2.70. The average molecular weight is 391 g/mol. The van der Waals surface area contributed by atoms with Crippen molar-refractivity contribution in [3.63, 3.8) is 0 Å². The molecule has 1 aromatic heterocycles. The first-order valence-electron chi connectivity index (χ1n) is 9.98. The molecule has 8 heteroatoms. The van der Waals surface area contributed by atoms with Crippen LogP contribution in [0.15, 0.2) is 24.4 Å². The van der Waals surface area contributed by atoms with Crippen molar-refractivity contribution in [2.75, 3.05) is 26.3 Å². The molecule has 0 aliphatic carbocycles. The highest BCUT2D eigenvalue weighted by Crippen LogP contribution is 2.28. The monoisotopic (exact) mass is 391 g/mol. The van der Waals surface area contributed by atoms with Gasteiger partial charge in [0.15, 0.2) is 0 Å². The molecule has 4 atom stereocenters. The van der Waals surface area contributed by atoms with E-state index in [4.69, 9.17) is 9.47 Å². The fourth-order valence-corrected chi connectivity index (χ4v) is 3.75. The van der Waals surface area contributed by atoms with Crippen LogP contribution < -0.4 is 5.32 Å². The van der Waals surface area contributed by atoms with Gasteiger partial charge in [0.1, 0.15) is 11.8 Å². The third-order valence-electron chi connectivity index (χ3n) is 5.11. The summed E-state index contributed by atoms with van der Waals surface area (Å²) in [4.78, 5) is 30.9. The summed E-state index contributed by atoms with van der Waals surface area (Å²) >= 11 is 0. The summed E-state index contributed by atoms with van der Waals surface area (Å²) < 4.78 is 11.7. The van der Waals surface area contributed by atoms with Crippen LogP contribution in [-0.4, -0.2) is 77.5 Å². The second kappa shape index (κ2) is 9.95. The minimum absolute atomic E-state index is 0.0195. The maximum atomic E-state index is 13.0. The van der Waals surface area contributed by atoms with Gasteiger partial charge in [0.2, 0.25) is 5.91 Å². The number of carbonyl (C=O) groups is 2. The standard InChI is InChI=1S/C20H29N3O5/c1-2-8-22-19(25)10-15-6-7-17-18(28-15)13-27-12-14(24)11-23(17)20(26)16-5-3-4-9-21-16/h3-5,9,14-15,17-18,24H,2,6-8,10-13H2,1H3,(H,22,25)/t14-,15+,17-,18+/m0/s1. The van der Waals surface area contributed by atoms with Gasteiger partial charge in [-0.3, -0.25) is 14.6 Å². The highest BCUT2D eigenvalue weighted by molar-refractivity contribution is 5.92. The van der Waals surface area contributed by atoms with E-state index in [1.54, 1.807) is 29.3 Å². The minimum Gasteiger partial charge on any atom is -0.389 e. The quantitative estimate of drug-likeness (QED) is 0.768. The summed E-state index contributed by atoms with van der Waals surface area (Å²) in [6, 6.07) is 4.97. The number of aliphatic hydroxyl groups is 1. The number of carbonyl (C=O) groups excluding carboxylic acids is 2. The van der Waals surface area contributed by atoms with Crippen LogP contribution in [0.5, 0.6) is 0 Å². The van der Waals surface area contributed by atoms with E-state index in [2.05, 4.69) is 10.3 Å². The Kier molecular flexibility index (Phi) is 7.36. The molecule has 0 saturated carbocycles. The normalized spacial score (nSPS) is 28.0. The van der Waals surface area contributed by atoms with E-state index in [0.29, 0.717) is 31.5 Å². The molecule has 154 valence electrons. The molecule has 3 rings (SSSR count). The zero-order chi connectivity index (χ0) is 19.9. The molecular weight excluding hydrogens is 362 g/mol. The van der Waals surface area contributed by atoms with Crippen molar-refractivity contribution in [2.24, 2.45) is 0 Å². The van der Waals surface area contributed by atoms with E-state index in [9.17, 15) is 14.7 Å². The Morgan fingerprint density at radius 3 is 2.93 bits per heavy atom. The van der Waals surface area contributed by atoms with Crippen molar-refractivity contribution >= 4 is 11.8 Å². The topological polar surface area (TPSA) is 101 Å². The molecule has 2 aliphatic rings. The Morgan fingerprint density at radius 1 is 1.32 bits per heavy atom. The number of pyridine rings is 1. The maximum absolute atomic E-state index is 13.0. The lowest BCUT2D eigenvalue weighted by molar-refractivity contribution is -0.150. The Labute approximate surface area is 165 Å². The fourth-order valence-electron chi connectivity index (χ4n) is 3.75. The van der Waals surface area contributed by atoms with Crippen LogP contribution in [0.3, 0.4) is 0 Å². The predicted octanol–water partition coefficient (Wildman–Crippen LogP) is 0.747. The Bertz CT molecular complexity index is 657. The maximum Gasteiger partial charge on any atom is 0.272 e. The van der Waals surface area contributed by atoms with Gasteiger partial charge in [-0.2, -0.15) is 0 Å². The molecule has 2 amide bonds. The largest absolute Gasteiger partial charge is 0.389 e. The highest BCUT2D eigenvalue weighted by Gasteiger charge is 2.40. The molecule has 8 nitrogen and oxygen atoms in total. The van der Waals surface area contributed by atoms with Crippen molar-refractivity contribution in [3.8, 4) is 0 Å². The molecule has 28 heavy (non-hydrogen) atoms. The lowest BCUT2D eigenvalue weighted by Gasteiger charge is -2.44. The Morgan fingerprint density at radius 2 is 2.18 bits per heavy atom. The van der Waals surface area contributed by atoms with Crippen molar-refractivity contribution in [3.05, 3.63) is 30.1 Å². The lowest BCUT2D eigenvalue weighted by atomic mass is 9.94. The van der Waals surface area contributed by atoms with Gasteiger partial charge in [-0.05, 0) is 31.4 Å². The third-order valence-corrected chi connectivity index (χ3v) is 5.11. The van der Waals surface area contributed by atoms with E-state index in [0.717, 1.165) is 6.42 Å². The van der Waals surface area contributed by atoms with Crippen LogP contribution in [0.25, 0.3) is 0 Å². The van der Waals surface area contributed by atoms with Crippen LogP contribution in [-0.2, 0) is 14.3 Å². The minimum atomic E-state index is -0.758. The van der Waals surface area contributed by atoms with E-state index in [1.807, 2.05) is 6.92 Å². The van der Waals surface area contributed by atoms with E-state index in [1.165, 1.54) is 0 Å². The number of fused-ring (bicyclic) bond motifs is 1. The van der Waals surface area contributed by atoms with Crippen LogP contribution >= 0.6 is 0 Å². The first-order chi connectivity index (χ1) is 13.6.